The number of aryl methyl sites for hydroxylation is 1. The van der Waals surface area contributed by atoms with E-state index < -0.39 is 5.63 Å². The Balaban J connectivity index is 1.90. The summed E-state index contributed by atoms with van der Waals surface area (Å²) >= 11 is 6.02. The van der Waals surface area contributed by atoms with Crippen LogP contribution in [0.4, 0.5) is 0 Å². The highest BCUT2D eigenvalue weighted by Gasteiger charge is 2.11. The van der Waals surface area contributed by atoms with Gasteiger partial charge in [0.1, 0.15) is 5.58 Å². The molecule has 0 saturated heterocycles. The van der Waals surface area contributed by atoms with Gasteiger partial charge in [0.15, 0.2) is 0 Å². The number of halogens is 1. The first-order chi connectivity index (χ1) is 11.0. The van der Waals surface area contributed by atoms with Gasteiger partial charge in [0.25, 0.3) is 5.91 Å². The van der Waals surface area contributed by atoms with Gasteiger partial charge in [0.05, 0.1) is 10.6 Å². The van der Waals surface area contributed by atoms with Crippen molar-refractivity contribution in [2.75, 3.05) is 0 Å². The number of benzene rings is 2. The zero-order valence-electron chi connectivity index (χ0n) is 12.4. The highest BCUT2D eigenvalue weighted by atomic mass is 35.5. The molecule has 5 heteroatoms. The molecule has 1 heterocycles. The fraction of sp³-hybridized carbons (Fsp3) is 0.111. The van der Waals surface area contributed by atoms with Crippen molar-refractivity contribution in [1.82, 2.24) is 5.32 Å². The molecule has 2 aromatic carbocycles. The van der Waals surface area contributed by atoms with E-state index in [1.54, 1.807) is 30.3 Å². The third kappa shape index (κ3) is 3.27. The van der Waals surface area contributed by atoms with Crippen LogP contribution in [0.5, 0.6) is 0 Å². The summed E-state index contributed by atoms with van der Waals surface area (Å²) in [5.41, 5.74) is 2.22. The van der Waals surface area contributed by atoms with Crippen molar-refractivity contribution in [3.8, 4) is 0 Å². The summed E-state index contributed by atoms with van der Waals surface area (Å²) in [5.74, 6) is -0.287. The Bertz CT molecular complexity index is 946. The molecule has 3 aromatic rings. The number of carbonyl (C=O) groups excluding carboxylic acids is 1. The Hall–Kier alpha value is -2.59. The van der Waals surface area contributed by atoms with Crippen LogP contribution in [0, 0.1) is 6.92 Å². The fourth-order valence-electron chi connectivity index (χ4n) is 2.40. The van der Waals surface area contributed by atoms with Crippen LogP contribution >= 0.6 is 11.6 Å². The van der Waals surface area contributed by atoms with Gasteiger partial charge in [-0.2, -0.15) is 0 Å². The third-order valence-electron chi connectivity index (χ3n) is 3.54. The minimum Gasteiger partial charge on any atom is -0.423 e. The van der Waals surface area contributed by atoms with Gasteiger partial charge in [-0.15, -0.1) is 0 Å². The van der Waals surface area contributed by atoms with Gasteiger partial charge in [-0.05, 0) is 36.8 Å². The first-order valence-electron chi connectivity index (χ1n) is 7.11. The molecular formula is C18H14ClNO3. The lowest BCUT2D eigenvalue weighted by atomic mass is 10.1. The van der Waals surface area contributed by atoms with Crippen LogP contribution < -0.4 is 10.9 Å². The first-order valence-corrected chi connectivity index (χ1v) is 7.48. The first kappa shape index (κ1) is 15.3. The summed E-state index contributed by atoms with van der Waals surface area (Å²) in [6.45, 7) is 2.17. The molecule has 1 N–H and O–H groups in total. The molecule has 0 aliphatic carbocycles. The monoisotopic (exact) mass is 327 g/mol. The Labute approximate surface area is 137 Å². The minimum atomic E-state index is -0.441. The van der Waals surface area contributed by atoms with Crippen molar-refractivity contribution in [3.05, 3.63) is 80.7 Å². The molecule has 0 radical (unpaired) electrons. The van der Waals surface area contributed by atoms with E-state index >= 15 is 0 Å². The van der Waals surface area contributed by atoms with E-state index in [1.165, 1.54) is 6.07 Å². The number of nitrogens with one attached hydrogen (secondary N) is 1. The highest BCUT2D eigenvalue weighted by Crippen LogP contribution is 2.19. The second-order valence-electron chi connectivity index (χ2n) is 5.25. The third-order valence-corrected chi connectivity index (χ3v) is 3.87. The zero-order chi connectivity index (χ0) is 16.4. The van der Waals surface area contributed by atoms with Crippen LogP contribution in [0.25, 0.3) is 11.0 Å². The number of amides is 1. The predicted octanol–water partition coefficient (Wildman–Crippen LogP) is 3.68. The molecule has 116 valence electrons. The van der Waals surface area contributed by atoms with E-state index in [-0.39, 0.29) is 12.5 Å². The highest BCUT2D eigenvalue weighted by molar-refractivity contribution is 6.33. The van der Waals surface area contributed by atoms with Gasteiger partial charge in [-0.3, -0.25) is 4.79 Å². The van der Waals surface area contributed by atoms with Crippen LogP contribution in [-0.4, -0.2) is 5.91 Å². The standard InChI is InChI=1S/C18H14ClNO3/c1-11-6-7-16-14(8-11)12(9-17(21)23-16)10-20-18(22)13-4-2-3-5-15(13)19/h2-9H,10H2,1H3,(H,20,22). The van der Waals surface area contributed by atoms with E-state index in [0.717, 1.165) is 10.9 Å². The fourth-order valence-corrected chi connectivity index (χ4v) is 2.63. The zero-order valence-corrected chi connectivity index (χ0v) is 13.2. The molecule has 0 fully saturated rings. The lowest BCUT2D eigenvalue weighted by Gasteiger charge is -2.09. The van der Waals surface area contributed by atoms with Crippen LogP contribution in [-0.2, 0) is 6.54 Å². The Kier molecular flexibility index (Phi) is 4.17. The number of fused-ring (bicyclic) bond motifs is 1. The quantitative estimate of drug-likeness (QED) is 0.746. The minimum absolute atomic E-state index is 0.218. The lowest BCUT2D eigenvalue weighted by molar-refractivity contribution is 0.0951. The maximum absolute atomic E-state index is 12.2. The average Bonchev–Trinajstić information content (AvgIpc) is 2.53. The molecule has 0 saturated carbocycles. The molecule has 4 nitrogen and oxygen atoms in total. The number of hydrogen-bond donors (Lipinski definition) is 1. The van der Waals surface area contributed by atoms with Gasteiger partial charge in [-0.1, -0.05) is 35.4 Å². The summed E-state index contributed by atoms with van der Waals surface area (Å²) in [7, 11) is 0. The maximum Gasteiger partial charge on any atom is 0.336 e. The summed E-state index contributed by atoms with van der Waals surface area (Å²) in [6, 6.07) is 13.8. The Morgan fingerprint density at radius 3 is 2.74 bits per heavy atom. The molecule has 23 heavy (non-hydrogen) atoms. The number of carbonyl (C=O) groups is 1. The van der Waals surface area contributed by atoms with Gasteiger partial charge in [0.2, 0.25) is 0 Å². The van der Waals surface area contributed by atoms with Crippen molar-refractivity contribution >= 4 is 28.5 Å². The van der Waals surface area contributed by atoms with Crippen molar-refractivity contribution in [2.45, 2.75) is 13.5 Å². The van der Waals surface area contributed by atoms with Gasteiger partial charge in [0, 0.05) is 18.0 Å². The van der Waals surface area contributed by atoms with Crippen LogP contribution in [0.1, 0.15) is 21.5 Å². The van der Waals surface area contributed by atoms with Crippen molar-refractivity contribution in [2.24, 2.45) is 0 Å². The average molecular weight is 328 g/mol. The number of hydrogen-bond acceptors (Lipinski definition) is 3. The van der Waals surface area contributed by atoms with Crippen molar-refractivity contribution in [3.63, 3.8) is 0 Å². The summed E-state index contributed by atoms with van der Waals surface area (Å²) in [5, 5.41) is 3.99. The molecule has 0 unspecified atom stereocenters. The summed E-state index contributed by atoms with van der Waals surface area (Å²) in [4.78, 5) is 23.9. The molecular weight excluding hydrogens is 314 g/mol. The van der Waals surface area contributed by atoms with E-state index in [4.69, 9.17) is 16.0 Å². The second-order valence-corrected chi connectivity index (χ2v) is 5.66. The predicted molar refractivity (Wildman–Crippen MR) is 89.8 cm³/mol. The molecule has 1 amide bonds. The summed E-state index contributed by atoms with van der Waals surface area (Å²) < 4.78 is 5.18. The maximum atomic E-state index is 12.2. The molecule has 1 aromatic heterocycles. The molecule has 0 spiro atoms. The van der Waals surface area contributed by atoms with Crippen molar-refractivity contribution in [1.29, 1.82) is 0 Å². The summed E-state index contributed by atoms with van der Waals surface area (Å²) in [6.07, 6.45) is 0. The molecule has 3 rings (SSSR count). The normalized spacial score (nSPS) is 10.7. The second kappa shape index (κ2) is 6.26. The smallest absolute Gasteiger partial charge is 0.336 e. The lowest BCUT2D eigenvalue weighted by Crippen LogP contribution is -2.23. The SMILES string of the molecule is Cc1ccc2oc(=O)cc(CNC(=O)c3ccccc3Cl)c2c1. The van der Waals surface area contributed by atoms with E-state index in [0.29, 0.717) is 21.7 Å². The van der Waals surface area contributed by atoms with Crippen LogP contribution in [0.15, 0.2) is 57.7 Å². The van der Waals surface area contributed by atoms with Crippen molar-refractivity contribution < 1.29 is 9.21 Å². The van der Waals surface area contributed by atoms with Gasteiger partial charge in [-0.25, -0.2) is 4.79 Å². The molecule has 0 aliphatic rings. The Morgan fingerprint density at radius 1 is 1.17 bits per heavy atom. The van der Waals surface area contributed by atoms with E-state index in [1.807, 2.05) is 19.1 Å². The van der Waals surface area contributed by atoms with Gasteiger partial charge >= 0.3 is 5.63 Å². The van der Waals surface area contributed by atoms with Crippen LogP contribution in [0.2, 0.25) is 5.02 Å². The van der Waals surface area contributed by atoms with E-state index in [9.17, 15) is 9.59 Å². The topological polar surface area (TPSA) is 59.3 Å². The molecule has 0 aliphatic heterocycles. The van der Waals surface area contributed by atoms with Gasteiger partial charge < -0.3 is 9.73 Å². The largest absolute Gasteiger partial charge is 0.423 e. The number of rotatable bonds is 3. The molecule has 0 bridgehead atoms. The molecule has 0 atom stereocenters. The Morgan fingerprint density at radius 2 is 1.96 bits per heavy atom. The van der Waals surface area contributed by atoms with E-state index in [2.05, 4.69) is 5.32 Å². The van der Waals surface area contributed by atoms with Crippen LogP contribution in [0.3, 0.4) is 0 Å².